The SMILES string of the molecule is CN(C)CCCN(Cc1ccccc1F)C(=O)C[C@@H]1CC[C@@H]2[C@@H](O1)c1cc(OCc3ccccc3)ccc1OC2(C)C. The number of rotatable bonds is 11. The van der Waals surface area contributed by atoms with Crippen molar-refractivity contribution in [3.8, 4) is 11.5 Å². The van der Waals surface area contributed by atoms with Gasteiger partial charge < -0.3 is 24.0 Å². The fraction of sp³-hybridized carbons (Fsp3) is 0.457. The van der Waals surface area contributed by atoms with Crippen LogP contribution in [0.4, 0.5) is 4.39 Å². The topological polar surface area (TPSA) is 51.2 Å². The number of carbonyl (C=O) groups excluding carboxylic acids is 1. The zero-order chi connectivity index (χ0) is 29.7. The van der Waals surface area contributed by atoms with Gasteiger partial charge in [-0.1, -0.05) is 48.5 Å². The maximum atomic E-state index is 14.5. The highest BCUT2D eigenvalue weighted by Crippen LogP contribution is 2.51. The Morgan fingerprint density at radius 2 is 1.76 bits per heavy atom. The maximum absolute atomic E-state index is 14.5. The van der Waals surface area contributed by atoms with Gasteiger partial charge in [0.15, 0.2) is 0 Å². The molecule has 1 amide bonds. The van der Waals surface area contributed by atoms with Crippen LogP contribution in [0.3, 0.4) is 0 Å². The Kier molecular flexibility index (Phi) is 9.49. The number of halogens is 1. The number of hydrogen-bond acceptors (Lipinski definition) is 5. The molecule has 1 fully saturated rings. The van der Waals surface area contributed by atoms with E-state index in [9.17, 15) is 9.18 Å². The fourth-order valence-corrected chi connectivity index (χ4v) is 6.10. The van der Waals surface area contributed by atoms with E-state index in [1.165, 1.54) is 6.07 Å². The molecule has 0 aromatic heterocycles. The third-order valence-corrected chi connectivity index (χ3v) is 8.41. The quantitative estimate of drug-likeness (QED) is 0.253. The third-order valence-electron chi connectivity index (χ3n) is 8.41. The molecule has 3 aromatic carbocycles. The normalized spacial score (nSPS) is 20.8. The average Bonchev–Trinajstić information content (AvgIpc) is 2.97. The highest BCUT2D eigenvalue weighted by molar-refractivity contribution is 5.76. The van der Waals surface area contributed by atoms with Crippen molar-refractivity contribution in [3.63, 3.8) is 0 Å². The molecule has 42 heavy (non-hydrogen) atoms. The lowest BCUT2D eigenvalue weighted by molar-refractivity contribution is -0.160. The van der Waals surface area contributed by atoms with Crippen LogP contribution in [0.2, 0.25) is 0 Å². The van der Waals surface area contributed by atoms with Gasteiger partial charge in [-0.3, -0.25) is 4.79 Å². The van der Waals surface area contributed by atoms with Crippen molar-refractivity contribution in [2.24, 2.45) is 5.92 Å². The first-order valence-corrected chi connectivity index (χ1v) is 15.0. The molecule has 0 aliphatic carbocycles. The Bertz CT molecular complexity index is 1350. The van der Waals surface area contributed by atoms with Crippen molar-refractivity contribution in [1.82, 2.24) is 9.80 Å². The average molecular weight is 575 g/mol. The molecule has 3 aromatic rings. The highest BCUT2D eigenvalue weighted by Gasteiger charge is 2.48. The lowest BCUT2D eigenvalue weighted by Crippen LogP contribution is -2.49. The molecule has 5 rings (SSSR count). The third kappa shape index (κ3) is 7.31. The summed E-state index contributed by atoms with van der Waals surface area (Å²) < 4.78 is 33.8. The van der Waals surface area contributed by atoms with E-state index < -0.39 is 5.60 Å². The van der Waals surface area contributed by atoms with Gasteiger partial charge in [0.25, 0.3) is 0 Å². The zero-order valence-corrected chi connectivity index (χ0v) is 25.2. The van der Waals surface area contributed by atoms with Gasteiger partial charge in [-0.15, -0.1) is 0 Å². The molecule has 0 saturated carbocycles. The Balaban J connectivity index is 1.30. The first-order valence-electron chi connectivity index (χ1n) is 15.0. The summed E-state index contributed by atoms with van der Waals surface area (Å²) in [4.78, 5) is 17.6. The van der Waals surface area contributed by atoms with Gasteiger partial charge in [0.1, 0.15) is 29.5 Å². The summed E-state index contributed by atoms with van der Waals surface area (Å²) in [6.07, 6.45) is 2.30. The molecular formula is C35H43FN2O4. The number of carbonyl (C=O) groups is 1. The van der Waals surface area contributed by atoms with Gasteiger partial charge in [-0.2, -0.15) is 0 Å². The van der Waals surface area contributed by atoms with Crippen LogP contribution in [0.5, 0.6) is 11.5 Å². The summed E-state index contributed by atoms with van der Waals surface area (Å²) >= 11 is 0. The van der Waals surface area contributed by atoms with E-state index in [1.807, 2.05) is 68.7 Å². The van der Waals surface area contributed by atoms with Crippen LogP contribution in [0.15, 0.2) is 72.8 Å². The molecule has 0 radical (unpaired) electrons. The summed E-state index contributed by atoms with van der Waals surface area (Å²) in [5.74, 6) is 1.41. The fourth-order valence-electron chi connectivity index (χ4n) is 6.10. The van der Waals surface area contributed by atoms with Crippen molar-refractivity contribution in [3.05, 3.63) is 95.3 Å². The first-order chi connectivity index (χ1) is 20.2. The van der Waals surface area contributed by atoms with Gasteiger partial charge in [-0.05, 0) is 83.6 Å². The minimum absolute atomic E-state index is 0.00746. The van der Waals surface area contributed by atoms with E-state index in [4.69, 9.17) is 14.2 Å². The summed E-state index contributed by atoms with van der Waals surface area (Å²) in [7, 11) is 4.03. The van der Waals surface area contributed by atoms with Crippen molar-refractivity contribution in [1.29, 1.82) is 0 Å². The van der Waals surface area contributed by atoms with Gasteiger partial charge >= 0.3 is 0 Å². The summed E-state index contributed by atoms with van der Waals surface area (Å²) in [6, 6.07) is 22.7. The van der Waals surface area contributed by atoms with Crippen molar-refractivity contribution in [2.45, 2.75) is 70.5 Å². The Morgan fingerprint density at radius 1 is 1.00 bits per heavy atom. The van der Waals surface area contributed by atoms with E-state index in [1.54, 1.807) is 17.0 Å². The number of nitrogens with zero attached hydrogens (tertiary/aromatic N) is 2. The first kappa shape index (κ1) is 30.1. The number of benzene rings is 3. The molecule has 0 spiro atoms. The molecule has 3 atom stereocenters. The molecule has 1 saturated heterocycles. The second-order valence-corrected chi connectivity index (χ2v) is 12.3. The summed E-state index contributed by atoms with van der Waals surface area (Å²) in [6.45, 7) is 6.38. The van der Waals surface area contributed by atoms with E-state index in [0.717, 1.165) is 48.4 Å². The number of hydrogen-bond donors (Lipinski definition) is 0. The maximum Gasteiger partial charge on any atom is 0.225 e. The predicted molar refractivity (Wildman–Crippen MR) is 162 cm³/mol. The monoisotopic (exact) mass is 574 g/mol. The van der Waals surface area contributed by atoms with Crippen LogP contribution in [-0.2, 0) is 22.7 Å². The predicted octanol–water partition coefficient (Wildman–Crippen LogP) is 6.78. The molecule has 224 valence electrons. The Morgan fingerprint density at radius 3 is 2.52 bits per heavy atom. The number of ether oxygens (including phenoxy) is 3. The lowest BCUT2D eigenvalue weighted by atomic mass is 9.75. The minimum Gasteiger partial charge on any atom is -0.489 e. The van der Waals surface area contributed by atoms with Crippen LogP contribution < -0.4 is 9.47 Å². The number of fused-ring (bicyclic) bond motifs is 3. The molecule has 6 nitrogen and oxygen atoms in total. The highest BCUT2D eigenvalue weighted by atomic mass is 19.1. The standard InChI is InChI=1S/C35H43FN2O4/c1-35(2)30-17-15-28(22-33(39)38(20-10-19-37(3)4)23-26-13-8-9-14-31(26)36)41-34(30)29-21-27(16-18-32(29)42-35)40-24-25-11-6-5-7-12-25/h5-9,11-14,16,18,21,28,30,34H,10,15,17,19-20,22-24H2,1-4H3/t28-,30+,34-/m0/s1. The molecule has 2 heterocycles. The second-order valence-electron chi connectivity index (χ2n) is 12.3. The van der Waals surface area contributed by atoms with Crippen LogP contribution in [0.1, 0.15) is 62.3 Å². The molecule has 0 unspecified atom stereocenters. The molecule has 0 bridgehead atoms. The van der Waals surface area contributed by atoms with E-state index in [0.29, 0.717) is 18.7 Å². The molecule has 7 heteroatoms. The van der Waals surface area contributed by atoms with Gasteiger partial charge in [0.2, 0.25) is 5.91 Å². The van der Waals surface area contributed by atoms with E-state index in [-0.39, 0.29) is 42.8 Å². The smallest absolute Gasteiger partial charge is 0.225 e. The van der Waals surface area contributed by atoms with Crippen LogP contribution >= 0.6 is 0 Å². The van der Waals surface area contributed by atoms with E-state index >= 15 is 0 Å². The van der Waals surface area contributed by atoms with Crippen molar-refractivity contribution >= 4 is 5.91 Å². The summed E-state index contributed by atoms with van der Waals surface area (Å²) in [5, 5.41) is 0. The van der Waals surface area contributed by atoms with Crippen LogP contribution in [0.25, 0.3) is 0 Å². The number of amides is 1. The van der Waals surface area contributed by atoms with Gasteiger partial charge in [-0.25, -0.2) is 4.39 Å². The van der Waals surface area contributed by atoms with E-state index in [2.05, 4.69) is 18.7 Å². The van der Waals surface area contributed by atoms with Gasteiger partial charge in [0.05, 0.1) is 18.6 Å². The van der Waals surface area contributed by atoms with Crippen molar-refractivity contribution < 1.29 is 23.4 Å². The second kappa shape index (κ2) is 13.3. The van der Waals surface area contributed by atoms with Crippen LogP contribution in [-0.4, -0.2) is 54.6 Å². The Labute approximate surface area is 249 Å². The molecule has 0 N–H and O–H groups in total. The molecule has 2 aliphatic heterocycles. The minimum atomic E-state index is -0.401. The lowest BCUT2D eigenvalue weighted by Gasteiger charge is -2.48. The van der Waals surface area contributed by atoms with Crippen LogP contribution in [0, 0.1) is 11.7 Å². The van der Waals surface area contributed by atoms with Gasteiger partial charge in [0, 0.05) is 30.1 Å². The Hall–Kier alpha value is -3.42. The molecule has 2 aliphatic rings. The molecular weight excluding hydrogens is 531 g/mol. The van der Waals surface area contributed by atoms with Crippen molar-refractivity contribution in [2.75, 3.05) is 27.2 Å². The zero-order valence-electron chi connectivity index (χ0n) is 25.2. The largest absolute Gasteiger partial charge is 0.489 e. The summed E-state index contributed by atoms with van der Waals surface area (Å²) in [5.41, 5.74) is 2.20.